The zero-order valence-electron chi connectivity index (χ0n) is 15.8. The van der Waals surface area contributed by atoms with Crippen LogP contribution < -0.4 is 9.47 Å². The highest BCUT2D eigenvalue weighted by Gasteiger charge is 2.44. The fourth-order valence-electron chi connectivity index (χ4n) is 2.64. The minimum absolute atomic E-state index is 0.373. The molecule has 8 nitrogen and oxygen atoms in total. The predicted molar refractivity (Wildman–Crippen MR) is 99.0 cm³/mol. The third kappa shape index (κ3) is 5.01. The Balaban J connectivity index is 2.32. The van der Waals surface area contributed by atoms with E-state index in [2.05, 4.69) is 0 Å². The molecule has 0 heterocycles. The third-order valence-electron chi connectivity index (χ3n) is 4.01. The molecule has 0 atom stereocenters. The summed E-state index contributed by atoms with van der Waals surface area (Å²) in [6.45, 7) is 0. The Hall–Kier alpha value is -3.78. The van der Waals surface area contributed by atoms with Crippen LogP contribution >= 0.6 is 0 Å². The Kier molecular flexibility index (Phi) is 6.24. The van der Waals surface area contributed by atoms with Gasteiger partial charge >= 0.3 is 6.18 Å². The largest absolute Gasteiger partial charge is 0.744 e. The highest BCUT2D eigenvalue weighted by atomic mass is 32.2. The van der Waals surface area contributed by atoms with Crippen LogP contribution in [0.1, 0.15) is 5.56 Å². The van der Waals surface area contributed by atoms with Crippen molar-refractivity contribution in [2.75, 3.05) is 0 Å². The quantitative estimate of drug-likeness (QED) is 0.197. The second-order valence-electron chi connectivity index (χ2n) is 6.21. The van der Waals surface area contributed by atoms with Gasteiger partial charge in [0.15, 0.2) is 23.1 Å². The lowest BCUT2D eigenvalue weighted by molar-refractivity contribution is -0.384. The van der Waals surface area contributed by atoms with E-state index < -0.39 is 66.2 Å². The molecule has 3 rings (SSSR count). The summed E-state index contributed by atoms with van der Waals surface area (Å²) in [6.07, 6.45) is -5.69. The van der Waals surface area contributed by atoms with Crippen LogP contribution in [0.15, 0.2) is 59.5 Å². The standard InChI is InChI=1S/C19H10F5NO7S/c20-14-13(19(22,23)24)15(21)17(32-12-8-6-10(7-9-12)25(26)27)18(33(28,29)30)16(14)31-11-4-2-1-3-5-11/h1-9H,(H,28,29,30)/p-1. The molecule has 0 radical (unpaired) electrons. The molecule has 0 spiro atoms. The summed E-state index contributed by atoms with van der Waals surface area (Å²) in [5.41, 5.74) is -3.06. The van der Waals surface area contributed by atoms with Crippen LogP contribution in [0, 0.1) is 21.7 Å². The lowest BCUT2D eigenvalue weighted by atomic mass is 10.1. The van der Waals surface area contributed by atoms with Crippen LogP contribution in [0.5, 0.6) is 23.0 Å². The van der Waals surface area contributed by atoms with E-state index >= 15 is 0 Å². The number of para-hydroxylation sites is 1. The van der Waals surface area contributed by atoms with Gasteiger partial charge in [-0.25, -0.2) is 17.2 Å². The van der Waals surface area contributed by atoms with Crippen molar-refractivity contribution in [1.82, 2.24) is 0 Å². The molecule has 0 amide bonds. The lowest BCUT2D eigenvalue weighted by Crippen LogP contribution is -2.17. The normalized spacial score (nSPS) is 11.8. The van der Waals surface area contributed by atoms with Gasteiger partial charge in [0.05, 0.1) is 4.92 Å². The molecule has 0 aliphatic carbocycles. The molecular weight excluding hydrogens is 481 g/mol. The van der Waals surface area contributed by atoms with Crippen LogP contribution in [0.2, 0.25) is 0 Å². The number of hydrogen-bond donors (Lipinski definition) is 0. The van der Waals surface area contributed by atoms with Crippen molar-refractivity contribution in [3.8, 4) is 23.0 Å². The van der Waals surface area contributed by atoms with Gasteiger partial charge < -0.3 is 14.0 Å². The number of nitrogens with zero attached hydrogens (tertiary/aromatic N) is 1. The van der Waals surface area contributed by atoms with Gasteiger partial charge in [0.25, 0.3) is 5.69 Å². The molecule has 0 saturated carbocycles. The van der Waals surface area contributed by atoms with Gasteiger partial charge in [-0.1, -0.05) is 18.2 Å². The lowest BCUT2D eigenvalue weighted by Gasteiger charge is -2.22. The fourth-order valence-corrected chi connectivity index (χ4v) is 3.36. The predicted octanol–water partition coefficient (Wildman–Crippen LogP) is 5.38. The van der Waals surface area contributed by atoms with Gasteiger partial charge in [-0.2, -0.15) is 13.2 Å². The Morgan fingerprint density at radius 1 is 0.818 bits per heavy atom. The van der Waals surface area contributed by atoms with Crippen molar-refractivity contribution in [2.45, 2.75) is 11.1 Å². The number of benzene rings is 3. The molecule has 0 unspecified atom stereocenters. The van der Waals surface area contributed by atoms with E-state index in [1.807, 2.05) is 0 Å². The molecule has 0 aliphatic heterocycles. The van der Waals surface area contributed by atoms with Gasteiger partial charge in [0, 0.05) is 12.1 Å². The molecule has 0 aliphatic rings. The minimum atomic E-state index is -5.89. The van der Waals surface area contributed by atoms with Gasteiger partial charge in [-0.05, 0) is 24.3 Å². The molecule has 3 aromatic carbocycles. The zero-order chi connectivity index (χ0) is 24.6. The summed E-state index contributed by atoms with van der Waals surface area (Å²) in [5, 5.41) is 10.7. The highest BCUT2D eigenvalue weighted by Crippen LogP contribution is 2.48. The molecule has 0 N–H and O–H groups in total. The first-order chi connectivity index (χ1) is 15.3. The van der Waals surface area contributed by atoms with Crippen molar-refractivity contribution < 1.29 is 49.3 Å². The molecular formula is C19H9F5NO7S-. The number of non-ortho nitro benzene ring substituents is 1. The topological polar surface area (TPSA) is 119 Å². The van der Waals surface area contributed by atoms with Gasteiger partial charge in [-0.3, -0.25) is 10.1 Å². The average molecular weight is 490 g/mol. The third-order valence-corrected chi connectivity index (χ3v) is 4.88. The number of hydrogen-bond acceptors (Lipinski definition) is 7. The van der Waals surface area contributed by atoms with Gasteiger partial charge in [-0.15, -0.1) is 0 Å². The molecule has 0 saturated heterocycles. The van der Waals surface area contributed by atoms with E-state index in [0.29, 0.717) is 0 Å². The molecule has 0 aromatic heterocycles. The van der Waals surface area contributed by atoms with E-state index in [4.69, 9.17) is 9.47 Å². The maximum absolute atomic E-state index is 14.8. The van der Waals surface area contributed by atoms with Crippen LogP contribution in [0.25, 0.3) is 0 Å². The molecule has 14 heteroatoms. The Morgan fingerprint density at radius 3 is 1.67 bits per heavy atom. The van der Waals surface area contributed by atoms with E-state index in [-0.39, 0.29) is 5.75 Å². The number of halogens is 5. The second-order valence-corrected chi connectivity index (χ2v) is 7.53. The Morgan fingerprint density at radius 2 is 1.27 bits per heavy atom. The van der Waals surface area contributed by atoms with Crippen LogP contribution in [0.3, 0.4) is 0 Å². The summed E-state index contributed by atoms with van der Waals surface area (Å²) in [6, 6.07) is 9.50. The van der Waals surface area contributed by atoms with Gasteiger partial charge in [0.1, 0.15) is 32.1 Å². The summed E-state index contributed by atoms with van der Waals surface area (Å²) in [7, 11) is -5.89. The highest BCUT2D eigenvalue weighted by molar-refractivity contribution is 7.86. The molecule has 0 fully saturated rings. The van der Waals surface area contributed by atoms with Crippen molar-refractivity contribution in [1.29, 1.82) is 0 Å². The van der Waals surface area contributed by atoms with E-state index in [0.717, 1.165) is 36.4 Å². The number of ether oxygens (including phenoxy) is 2. The molecule has 0 bridgehead atoms. The summed E-state index contributed by atoms with van der Waals surface area (Å²) >= 11 is 0. The molecule has 33 heavy (non-hydrogen) atoms. The molecule has 174 valence electrons. The van der Waals surface area contributed by atoms with E-state index in [1.54, 1.807) is 0 Å². The first-order valence-corrected chi connectivity index (χ1v) is 9.94. The van der Waals surface area contributed by atoms with Crippen molar-refractivity contribution in [2.24, 2.45) is 0 Å². The van der Waals surface area contributed by atoms with Gasteiger partial charge in [0.2, 0.25) is 0 Å². The number of alkyl halides is 3. The Bertz CT molecular complexity index is 1310. The molecule has 3 aromatic rings. The zero-order valence-corrected chi connectivity index (χ0v) is 16.6. The van der Waals surface area contributed by atoms with E-state index in [9.17, 15) is 45.0 Å². The van der Waals surface area contributed by atoms with Crippen molar-refractivity contribution in [3.05, 3.63) is 81.9 Å². The average Bonchev–Trinajstić information content (AvgIpc) is 2.71. The summed E-state index contributed by atoms with van der Waals surface area (Å²) in [5.74, 6) is -9.51. The van der Waals surface area contributed by atoms with Crippen LogP contribution in [-0.2, 0) is 16.3 Å². The number of rotatable bonds is 6. The maximum Gasteiger partial charge on any atom is 0.422 e. The summed E-state index contributed by atoms with van der Waals surface area (Å²) < 4.78 is 115. The first-order valence-electron chi connectivity index (χ1n) is 8.54. The van der Waals surface area contributed by atoms with Crippen molar-refractivity contribution >= 4 is 15.8 Å². The monoisotopic (exact) mass is 490 g/mol. The van der Waals surface area contributed by atoms with E-state index in [1.165, 1.54) is 18.2 Å². The first kappa shape index (κ1) is 23.9. The van der Waals surface area contributed by atoms with Crippen LogP contribution in [0.4, 0.5) is 27.6 Å². The minimum Gasteiger partial charge on any atom is -0.744 e. The SMILES string of the molecule is O=[N+]([O-])c1ccc(Oc2c(F)c(C(F)(F)F)c(F)c(Oc3ccccc3)c2S(=O)(=O)[O-])cc1. The van der Waals surface area contributed by atoms with Crippen LogP contribution in [-0.4, -0.2) is 17.9 Å². The number of nitro benzene ring substituents is 1. The Labute approximate surface area is 181 Å². The van der Waals surface area contributed by atoms with Crippen molar-refractivity contribution in [3.63, 3.8) is 0 Å². The smallest absolute Gasteiger partial charge is 0.422 e. The summed E-state index contributed by atoms with van der Waals surface area (Å²) in [4.78, 5) is 8.02. The maximum atomic E-state index is 14.8. The number of nitro groups is 1. The second kappa shape index (κ2) is 8.63. The fraction of sp³-hybridized carbons (Fsp3) is 0.0526.